The fourth-order valence-electron chi connectivity index (χ4n) is 3.59. The average Bonchev–Trinajstić information content (AvgIpc) is 2.64. The van der Waals surface area contributed by atoms with Gasteiger partial charge in [-0.25, -0.2) is 4.98 Å². The molecule has 0 aliphatic carbocycles. The van der Waals surface area contributed by atoms with Gasteiger partial charge >= 0.3 is 0 Å². The van der Waals surface area contributed by atoms with Crippen LogP contribution in [0.5, 0.6) is 0 Å². The van der Waals surface area contributed by atoms with Crippen molar-refractivity contribution in [2.45, 2.75) is 27.7 Å². The molecule has 1 saturated heterocycles. The van der Waals surface area contributed by atoms with E-state index in [1.807, 2.05) is 19.9 Å². The Kier molecular flexibility index (Phi) is 5.57. The monoisotopic (exact) mass is 352 g/mol. The lowest BCUT2D eigenvalue weighted by atomic mass is 10.0. The minimum absolute atomic E-state index is 0.0871. The summed E-state index contributed by atoms with van der Waals surface area (Å²) in [6, 6.07) is 7.86. The summed E-state index contributed by atoms with van der Waals surface area (Å²) in [7, 11) is 0. The molecule has 1 aromatic heterocycles. The van der Waals surface area contributed by atoms with E-state index in [9.17, 15) is 4.79 Å². The number of aryl methyl sites for hydroxylation is 3. The van der Waals surface area contributed by atoms with Crippen LogP contribution in [-0.2, 0) is 0 Å². The van der Waals surface area contributed by atoms with E-state index >= 15 is 0 Å². The Morgan fingerprint density at radius 3 is 2.35 bits per heavy atom. The van der Waals surface area contributed by atoms with Crippen LogP contribution >= 0.6 is 0 Å². The number of anilines is 2. The van der Waals surface area contributed by atoms with Crippen LogP contribution in [0.2, 0.25) is 0 Å². The SMILES string of the molecule is CCN1CCN(c2cc(C(=O)Nc3c(C)cc(C)cc3C)ccn2)CC1. The van der Waals surface area contributed by atoms with Crippen molar-refractivity contribution in [3.63, 3.8) is 0 Å². The van der Waals surface area contributed by atoms with E-state index in [0.29, 0.717) is 5.56 Å². The Morgan fingerprint density at radius 1 is 1.08 bits per heavy atom. The molecule has 2 aromatic rings. The van der Waals surface area contributed by atoms with E-state index in [2.05, 4.69) is 46.1 Å². The van der Waals surface area contributed by atoms with E-state index in [1.54, 1.807) is 12.3 Å². The number of nitrogens with one attached hydrogen (secondary N) is 1. The number of benzene rings is 1. The number of hydrogen-bond acceptors (Lipinski definition) is 4. The van der Waals surface area contributed by atoms with Crippen LogP contribution in [0, 0.1) is 20.8 Å². The minimum atomic E-state index is -0.0871. The van der Waals surface area contributed by atoms with Crippen molar-refractivity contribution in [2.75, 3.05) is 42.9 Å². The standard InChI is InChI=1S/C21H28N4O/c1-5-24-8-10-25(11-9-24)19-14-18(6-7-22-19)21(26)23-20-16(3)12-15(2)13-17(20)4/h6-7,12-14H,5,8-11H2,1-4H3,(H,23,26). The number of aromatic nitrogens is 1. The van der Waals surface area contributed by atoms with Gasteiger partial charge in [-0.2, -0.15) is 0 Å². The lowest BCUT2D eigenvalue weighted by molar-refractivity contribution is 0.102. The van der Waals surface area contributed by atoms with Gasteiger partial charge in [0.25, 0.3) is 5.91 Å². The van der Waals surface area contributed by atoms with Gasteiger partial charge in [0, 0.05) is 43.6 Å². The van der Waals surface area contributed by atoms with Crippen LogP contribution in [0.1, 0.15) is 34.0 Å². The maximum atomic E-state index is 12.8. The first kappa shape index (κ1) is 18.4. The number of amides is 1. The van der Waals surface area contributed by atoms with Gasteiger partial charge in [-0.1, -0.05) is 24.6 Å². The molecule has 0 saturated carbocycles. The molecule has 1 fully saturated rings. The number of piperazine rings is 1. The number of likely N-dealkylation sites (N-methyl/N-ethyl adjacent to an activating group) is 1. The van der Waals surface area contributed by atoms with Crippen molar-refractivity contribution in [3.05, 3.63) is 52.7 Å². The number of rotatable bonds is 4. The zero-order chi connectivity index (χ0) is 18.7. The Labute approximate surface area is 156 Å². The Balaban J connectivity index is 1.75. The fraction of sp³-hybridized carbons (Fsp3) is 0.429. The van der Waals surface area contributed by atoms with E-state index in [4.69, 9.17) is 0 Å². The maximum Gasteiger partial charge on any atom is 0.255 e. The Morgan fingerprint density at radius 2 is 1.73 bits per heavy atom. The molecule has 0 bridgehead atoms. The van der Waals surface area contributed by atoms with Gasteiger partial charge in [-0.3, -0.25) is 4.79 Å². The molecule has 3 rings (SSSR count). The molecule has 0 spiro atoms. The summed E-state index contributed by atoms with van der Waals surface area (Å²) in [4.78, 5) is 21.9. The highest BCUT2D eigenvalue weighted by Gasteiger charge is 2.18. The predicted molar refractivity (Wildman–Crippen MR) is 107 cm³/mol. The van der Waals surface area contributed by atoms with Crippen molar-refractivity contribution < 1.29 is 4.79 Å². The quantitative estimate of drug-likeness (QED) is 0.916. The average molecular weight is 352 g/mol. The molecule has 1 aliphatic heterocycles. The first-order valence-corrected chi connectivity index (χ1v) is 9.30. The molecule has 0 atom stereocenters. The third kappa shape index (κ3) is 4.05. The van der Waals surface area contributed by atoms with Crippen molar-refractivity contribution in [2.24, 2.45) is 0 Å². The summed E-state index contributed by atoms with van der Waals surface area (Å²) in [5.74, 6) is 0.793. The van der Waals surface area contributed by atoms with Crippen molar-refractivity contribution in [1.82, 2.24) is 9.88 Å². The summed E-state index contributed by atoms with van der Waals surface area (Å²) in [5.41, 5.74) is 4.92. The molecule has 5 heteroatoms. The minimum Gasteiger partial charge on any atom is -0.354 e. The molecule has 5 nitrogen and oxygen atoms in total. The smallest absolute Gasteiger partial charge is 0.255 e. The molecular weight excluding hydrogens is 324 g/mol. The van der Waals surface area contributed by atoms with Crippen LogP contribution in [0.3, 0.4) is 0 Å². The van der Waals surface area contributed by atoms with Crippen LogP contribution < -0.4 is 10.2 Å². The lowest BCUT2D eigenvalue weighted by Crippen LogP contribution is -2.46. The number of hydrogen-bond donors (Lipinski definition) is 1. The second-order valence-electron chi connectivity index (χ2n) is 7.05. The molecular formula is C21H28N4O. The number of carbonyl (C=O) groups is 1. The zero-order valence-electron chi connectivity index (χ0n) is 16.2. The summed E-state index contributed by atoms with van der Waals surface area (Å²) >= 11 is 0. The molecule has 1 aliphatic rings. The van der Waals surface area contributed by atoms with Crippen LogP contribution in [0.15, 0.2) is 30.5 Å². The zero-order valence-corrected chi connectivity index (χ0v) is 16.2. The molecule has 2 heterocycles. The molecule has 1 amide bonds. The van der Waals surface area contributed by atoms with Crippen molar-refractivity contribution in [3.8, 4) is 0 Å². The fourth-order valence-corrected chi connectivity index (χ4v) is 3.59. The van der Waals surface area contributed by atoms with Crippen LogP contribution in [0.4, 0.5) is 11.5 Å². The van der Waals surface area contributed by atoms with E-state index in [1.165, 1.54) is 5.56 Å². The van der Waals surface area contributed by atoms with Gasteiger partial charge in [0.1, 0.15) is 5.82 Å². The van der Waals surface area contributed by atoms with E-state index in [-0.39, 0.29) is 5.91 Å². The van der Waals surface area contributed by atoms with Gasteiger partial charge < -0.3 is 15.1 Å². The predicted octanol–water partition coefficient (Wildman–Crippen LogP) is 3.40. The Bertz CT molecular complexity index is 771. The molecule has 0 unspecified atom stereocenters. The summed E-state index contributed by atoms with van der Waals surface area (Å²) in [6.45, 7) is 13.4. The molecule has 1 N–H and O–H groups in total. The van der Waals surface area contributed by atoms with E-state index < -0.39 is 0 Å². The van der Waals surface area contributed by atoms with Crippen LogP contribution in [0.25, 0.3) is 0 Å². The lowest BCUT2D eigenvalue weighted by Gasteiger charge is -2.34. The number of carbonyl (C=O) groups excluding carboxylic acids is 1. The first-order valence-electron chi connectivity index (χ1n) is 9.30. The summed E-state index contributed by atoms with van der Waals surface area (Å²) in [6.07, 6.45) is 1.73. The first-order chi connectivity index (χ1) is 12.5. The third-order valence-corrected chi connectivity index (χ3v) is 5.07. The topological polar surface area (TPSA) is 48.5 Å². The van der Waals surface area contributed by atoms with Gasteiger partial charge in [0.15, 0.2) is 0 Å². The van der Waals surface area contributed by atoms with E-state index in [0.717, 1.165) is 55.4 Å². The highest BCUT2D eigenvalue weighted by Crippen LogP contribution is 2.23. The highest BCUT2D eigenvalue weighted by molar-refractivity contribution is 6.05. The second-order valence-corrected chi connectivity index (χ2v) is 7.05. The van der Waals surface area contributed by atoms with Gasteiger partial charge in [-0.15, -0.1) is 0 Å². The molecule has 1 aromatic carbocycles. The van der Waals surface area contributed by atoms with Crippen LogP contribution in [-0.4, -0.2) is 48.5 Å². The number of pyridine rings is 1. The molecule has 138 valence electrons. The normalized spacial score (nSPS) is 15.2. The molecule has 26 heavy (non-hydrogen) atoms. The summed E-state index contributed by atoms with van der Waals surface area (Å²) in [5, 5.41) is 3.07. The maximum absolute atomic E-state index is 12.8. The largest absolute Gasteiger partial charge is 0.354 e. The second kappa shape index (κ2) is 7.87. The van der Waals surface area contributed by atoms with Gasteiger partial charge in [-0.05, 0) is 50.6 Å². The summed E-state index contributed by atoms with van der Waals surface area (Å²) < 4.78 is 0. The Hall–Kier alpha value is -2.40. The highest BCUT2D eigenvalue weighted by atomic mass is 16.1. The van der Waals surface area contributed by atoms with Crippen molar-refractivity contribution in [1.29, 1.82) is 0 Å². The van der Waals surface area contributed by atoms with Gasteiger partial charge in [0.05, 0.1) is 0 Å². The molecule has 0 radical (unpaired) electrons. The van der Waals surface area contributed by atoms with Crippen molar-refractivity contribution >= 4 is 17.4 Å². The third-order valence-electron chi connectivity index (χ3n) is 5.07. The number of nitrogens with zero attached hydrogens (tertiary/aromatic N) is 3. The van der Waals surface area contributed by atoms with Gasteiger partial charge in [0.2, 0.25) is 0 Å².